The third-order valence-electron chi connectivity index (χ3n) is 4.15. The lowest BCUT2D eigenvalue weighted by Gasteiger charge is -2.15. The maximum atomic E-state index is 12.5. The van der Waals surface area contributed by atoms with Crippen LogP contribution in [-0.2, 0) is 14.3 Å². The van der Waals surface area contributed by atoms with Crippen LogP contribution >= 0.6 is 11.6 Å². The van der Waals surface area contributed by atoms with Crippen LogP contribution in [0.3, 0.4) is 0 Å². The number of nitrogens with zero attached hydrogens (tertiary/aromatic N) is 1. The Hall–Kier alpha value is -3.32. The molecular weight excluding hydrogens is 398 g/mol. The van der Waals surface area contributed by atoms with Gasteiger partial charge >= 0.3 is 11.9 Å². The maximum Gasteiger partial charge on any atom is 0.339 e. The number of esters is 1. The number of pyridine rings is 1. The van der Waals surface area contributed by atoms with Gasteiger partial charge in [0.2, 0.25) is 0 Å². The SMILES string of the molecule is COC(=O)C(C(=Cc1ccncc1)C(=O)O)=C(C)c1cc(Cl)c(OC)c(OC)c1. The van der Waals surface area contributed by atoms with E-state index in [0.29, 0.717) is 28.2 Å². The van der Waals surface area contributed by atoms with Crippen molar-refractivity contribution in [3.63, 3.8) is 0 Å². The predicted molar refractivity (Wildman–Crippen MR) is 109 cm³/mol. The number of halogens is 1. The molecule has 0 saturated heterocycles. The Morgan fingerprint density at radius 3 is 2.28 bits per heavy atom. The minimum atomic E-state index is -1.28. The van der Waals surface area contributed by atoms with E-state index in [1.165, 1.54) is 39.8 Å². The van der Waals surface area contributed by atoms with Crippen molar-refractivity contribution >= 4 is 35.2 Å². The molecule has 29 heavy (non-hydrogen) atoms. The van der Waals surface area contributed by atoms with Gasteiger partial charge in [0, 0.05) is 12.4 Å². The number of aromatic nitrogens is 1. The number of methoxy groups -OCH3 is 3. The number of rotatable bonds is 7. The minimum absolute atomic E-state index is 0.111. The van der Waals surface area contributed by atoms with Crippen molar-refractivity contribution in [2.24, 2.45) is 0 Å². The molecule has 1 aromatic heterocycles. The molecular formula is C21H20ClNO6. The summed E-state index contributed by atoms with van der Waals surface area (Å²) in [5.74, 6) is -1.41. The van der Waals surface area contributed by atoms with Crippen LogP contribution in [0.15, 0.2) is 47.8 Å². The van der Waals surface area contributed by atoms with Crippen molar-refractivity contribution in [1.82, 2.24) is 4.98 Å². The third kappa shape index (κ3) is 4.94. The lowest BCUT2D eigenvalue weighted by atomic mass is 9.94. The number of ether oxygens (including phenoxy) is 3. The van der Waals surface area contributed by atoms with E-state index in [1.807, 2.05) is 0 Å². The van der Waals surface area contributed by atoms with E-state index in [-0.39, 0.29) is 16.2 Å². The number of hydrogen-bond acceptors (Lipinski definition) is 6. The Morgan fingerprint density at radius 2 is 1.76 bits per heavy atom. The molecule has 1 N–H and O–H groups in total. The van der Waals surface area contributed by atoms with E-state index in [9.17, 15) is 14.7 Å². The highest BCUT2D eigenvalue weighted by Crippen LogP contribution is 2.39. The van der Waals surface area contributed by atoms with Crippen LogP contribution in [0.25, 0.3) is 11.6 Å². The molecule has 0 aliphatic rings. The second kappa shape index (κ2) is 9.75. The van der Waals surface area contributed by atoms with E-state index in [4.69, 9.17) is 25.8 Å². The Balaban J connectivity index is 2.77. The summed E-state index contributed by atoms with van der Waals surface area (Å²) in [5.41, 5.74) is 1.06. The molecule has 0 radical (unpaired) electrons. The van der Waals surface area contributed by atoms with Crippen LogP contribution in [-0.4, -0.2) is 43.4 Å². The Kier molecular flexibility index (Phi) is 7.39. The highest BCUT2D eigenvalue weighted by Gasteiger charge is 2.25. The molecule has 0 fully saturated rings. The van der Waals surface area contributed by atoms with Gasteiger partial charge < -0.3 is 19.3 Å². The molecule has 152 valence electrons. The molecule has 2 aromatic rings. The fourth-order valence-electron chi connectivity index (χ4n) is 2.71. The summed E-state index contributed by atoms with van der Waals surface area (Å²) in [4.78, 5) is 28.4. The fraction of sp³-hybridized carbons (Fsp3) is 0.190. The van der Waals surface area contributed by atoms with Crippen LogP contribution in [0, 0.1) is 0 Å². The first kappa shape index (κ1) is 22.0. The number of allylic oxidation sites excluding steroid dienone is 1. The number of benzene rings is 1. The summed E-state index contributed by atoms with van der Waals surface area (Å²) in [6.07, 6.45) is 4.42. The highest BCUT2D eigenvalue weighted by molar-refractivity contribution is 6.32. The monoisotopic (exact) mass is 417 g/mol. The number of carboxylic acids is 1. The van der Waals surface area contributed by atoms with Crippen LogP contribution in [0.1, 0.15) is 18.1 Å². The van der Waals surface area contributed by atoms with Crippen LogP contribution in [0.5, 0.6) is 11.5 Å². The smallest absolute Gasteiger partial charge is 0.339 e. The molecule has 0 atom stereocenters. The van der Waals surface area contributed by atoms with Crippen molar-refractivity contribution < 1.29 is 28.9 Å². The summed E-state index contributed by atoms with van der Waals surface area (Å²) in [7, 11) is 4.08. The van der Waals surface area contributed by atoms with Gasteiger partial charge in [-0.3, -0.25) is 4.98 Å². The van der Waals surface area contributed by atoms with Crippen molar-refractivity contribution in [2.45, 2.75) is 6.92 Å². The second-order valence-electron chi connectivity index (χ2n) is 5.83. The van der Waals surface area contributed by atoms with E-state index >= 15 is 0 Å². The van der Waals surface area contributed by atoms with Crippen molar-refractivity contribution in [2.75, 3.05) is 21.3 Å². The van der Waals surface area contributed by atoms with E-state index < -0.39 is 11.9 Å². The van der Waals surface area contributed by atoms with Gasteiger partial charge in [0.1, 0.15) is 0 Å². The second-order valence-corrected chi connectivity index (χ2v) is 6.24. The molecule has 8 heteroatoms. The summed E-state index contributed by atoms with van der Waals surface area (Å²) in [6.45, 7) is 1.60. The molecule has 0 spiro atoms. The molecule has 0 unspecified atom stereocenters. The molecule has 1 aromatic carbocycles. The summed E-state index contributed by atoms with van der Waals surface area (Å²) in [5, 5.41) is 10.0. The van der Waals surface area contributed by atoms with Crippen molar-refractivity contribution in [1.29, 1.82) is 0 Å². The normalized spacial score (nSPS) is 12.1. The maximum absolute atomic E-state index is 12.5. The van der Waals surface area contributed by atoms with Gasteiger partial charge in [-0.2, -0.15) is 0 Å². The third-order valence-corrected chi connectivity index (χ3v) is 4.43. The Labute approximate surface area is 173 Å². The molecule has 0 aliphatic heterocycles. The molecule has 0 amide bonds. The zero-order chi connectivity index (χ0) is 21.6. The summed E-state index contributed by atoms with van der Waals surface area (Å²) < 4.78 is 15.4. The first-order valence-corrected chi connectivity index (χ1v) is 8.78. The van der Waals surface area contributed by atoms with Crippen LogP contribution in [0.2, 0.25) is 5.02 Å². The molecule has 0 saturated carbocycles. The quantitative estimate of drug-likeness (QED) is 0.415. The van der Waals surface area contributed by atoms with Gasteiger partial charge in [0.15, 0.2) is 11.5 Å². The topological polar surface area (TPSA) is 95.0 Å². The summed E-state index contributed by atoms with van der Waals surface area (Å²) in [6, 6.07) is 6.42. The molecule has 2 rings (SSSR count). The number of hydrogen-bond donors (Lipinski definition) is 1. The van der Waals surface area contributed by atoms with Gasteiger partial charge in [-0.15, -0.1) is 0 Å². The number of carboxylic acid groups (broad SMARTS) is 1. The Bertz CT molecular complexity index is 982. The van der Waals surface area contributed by atoms with E-state index in [1.54, 1.807) is 31.2 Å². The number of carbonyl (C=O) groups is 2. The zero-order valence-electron chi connectivity index (χ0n) is 16.4. The van der Waals surface area contributed by atoms with Gasteiger partial charge in [-0.25, -0.2) is 9.59 Å². The average molecular weight is 418 g/mol. The largest absolute Gasteiger partial charge is 0.493 e. The first-order valence-electron chi connectivity index (χ1n) is 8.40. The van der Waals surface area contributed by atoms with Gasteiger partial charge in [0.05, 0.1) is 37.5 Å². The highest BCUT2D eigenvalue weighted by atomic mass is 35.5. The van der Waals surface area contributed by atoms with E-state index in [2.05, 4.69) is 4.98 Å². The molecule has 0 bridgehead atoms. The minimum Gasteiger partial charge on any atom is -0.493 e. The lowest BCUT2D eigenvalue weighted by Crippen LogP contribution is -2.15. The van der Waals surface area contributed by atoms with Gasteiger partial charge in [-0.1, -0.05) is 11.6 Å². The van der Waals surface area contributed by atoms with Crippen molar-refractivity contribution in [3.05, 3.63) is 64.0 Å². The standard InChI is InChI=1S/C21H20ClNO6/c1-12(14-10-16(22)19(28-3)17(11-14)27-2)18(21(26)29-4)15(20(24)25)9-13-5-7-23-8-6-13/h5-11H,1-4H3,(H,24,25). The summed E-state index contributed by atoms with van der Waals surface area (Å²) >= 11 is 6.27. The molecule has 1 heterocycles. The van der Waals surface area contributed by atoms with Gasteiger partial charge in [-0.05, 0) is 54.0 Å². The molecule has 7 nitrogen and oxygen atoms in total. The van der Waals surface area contributed by atoms with Crippen LogP contribution < -0.4 is 9.47 Å². The fourth-order valence-corrected chi connectivity index (χ4v) is 3.00. The molecule has 0 aliphatic carbocycles. The first-order chi connectivity index (χ1) is 13.8. The Morgan fingerprint density at radius 1 is 1.10 bits per heavy atom. The zero-order valence-corrected chi connectivity index (χ0v) is 17.1. The number of aliphatic carboxylic acids is 1. The van der Waals surface area contributed by atoms with Crippen molar-refractivity contribution in [3.8, 4) is 11.5 Å². The van der Waals surface area contributed by atoms with Crippen LogP contribution in [0.4, 0.5) is 0 Å². The lowest BCUT2D eigenvalue weighted by molar-refractivity contribution is -0.138. The van der Waals surface area contributed by atoms with Gasteiger partial charge in [0.25, 0.3) is 0 Å². The predicted octanol–water partition coefficient (Wildman–Crippen LogP) is 3.87. The average Bonchev–Trinajstić information content (AvgIpc) is 2.72. The van der Waals surface area contributed by atoms with E-state index in [0.717, 1.165) is 0 Å². The number of carbonyl (C=O) groups excluding carboxylic acids is 1.